The largest absolute Gasteiger partial charge is 0.497 e. The number of nitrogens with zero attached hydrogens (tertiary/aromatic N) is 4. The summed E-state index contributed by atoms with van der Waals surface area (Å²) in [4.78, 5) is 4.52. The molecule has 2 aromatic carbocycles. The summed E-state index contributed by atoms with van der Waals surface area (Å²) in [6.07, 6.45) is 3.45. The Morgan fingerprint density at radius 1 is 0.931 bits per heavy atom. The molecule has 0 saturated heterocycles. The number of pyridine rings is 1. The number of nitrogens with one attached hydrogen (secondary N) is 1. The van der Waals surface area contributed by atoms with Gasteiger partial charge in [-0.15, -0.1) is 10.2 Å². The van der Waals surface area contributed by atoms with E-state index < -0.39 is 0 Å². The zero-order chi connectivity index (χ0) is 19.9. The van der Waals surface area contributed by atoms with Crippen molar-refractivity contribution in [1.29, 1.82) is 0 Å². The number of ether oxygens (including phenoxy) is 2. The van der Waals surface area contributed by atoms with E-state index in [1.807, 2.05) is 48.5 Å². The van der Waals surface area contributed by atoms with Crippen LogP contribution in [-0.4, -0.2) is 32.7 Å². The number of tetrazole rings is 1. The molecule has 146 valence electrons. The van der Waals surface area contributed by atoms with Crippen LogP contribution in [0.3, 0.4) is 0 Å². The first-order valence-electron chi connectivity index (χ1n) is 9.34. The van der Waals surface area contributed by atoms with E-state index in [-0.39, 0.29) is 0 Å². The van der Waals surface area contributed by atoms with Gasteiger partial charge in [-0.05, 0) is 53.4 Å². The second-order valence-corrected chi connectivity index (χ2v) is 6.52. The van der Waals surface area contributed by atoms with Gasteiger partial charge in [-0.2, -0.15) is 5.21 Å². The number of hydrogen-bond acceptors (Lipinski definition) is 6. The number of aryl methyl sites for hydroxylation is 2. The third-order valence-corrected chi connectivity index (χ3v) is 4.58. The van der Waals surface area contributed by atoms with E-state index >= 15 is 0 Å². The molecule has 0 aliphatic carbocycles. The normalized spacial score (nSPS) is 10.7. The summed E-state index contributed by atoms with van der Waals surface area (Å²) in [5.41, 5.74) is 4.14. The van der Waals surface area contributed by atoms with Crippen molar-refractivity contribution in [2.75, 3.05) is 7.11 Å². The van der Waals surface area contributed by atoms with Gasteiger partial charge in [-0.25, -0.2) is 0 Å². The maximum Gasteiger partial charge on any atom is 0.204 e. The molecule has 4 rings (SSSR count). The first-order chi connectivity index (χ1) is 14.3. The molecule has 0 spiro atoms. The van der Waals surface area contributed by atoms with Crippen LogP contribution in [0.1, 0.15) is 16.8 Å². The van der Waals surface area contributed by atoms with Gasteiger partial charge in [0.15, 0.2) is 0 Å². The van der Waals surface area contributed by atoms with Crippen LogP contribution in [-0.2, 0) is 19.4 Å². The molecule has 0 aliphatic rings. The van der Waals surface area contributed by atoms with E-state index in [1.165, 1.54) is 5.56 Å². The molecule has 2 aromatic heterocycles. The van der Waals surface area contributed by atoms with Gasteiger partial charge >= 0.3 is 0 Å². The van der Waals surface area contributed by atoms with Crippen LogP contribution in [0.2, 0.25) is 0 Å². The predicted molar refractivity (Wildman–Crippen MR) is 109 cm³/mol. The lowest BCUT2D eigenvalue weighted by atomic mass is 10.1. The molecule has 0 fully saturated rings. The second-order valence-electron chi connectivity index (χ2n) is 6.52. The quantitative estimate of drug-likeness (QED) is 0.497. The summed E-state index contributed by atoms with van der Waals surface area (Å²) in [6.45, 7) is 0.468. The Hall–Kier alpha value is -3.74. The first kappa shape index (κ1) is 18.6. The fraction of sp³-hybridized carbons (Fsp3) is 0.182. The summed E-state index contributed by atoms with van der Waals surface area (Å²) in [5.74, 6) is 2.22. The topological polar surface area (TPSA) is 85.8 Å². The van der Waals surface area contributed by atoms with Crippen molar-refractivity contribution < 1.29 is 9.47 Å². The molecule has 29 heavy (non-hydrogen) atoms. The summed E-state index contributed by atoms with van der Waals surface area (Å²) in [7, 11) is 1.66. The van der Waals surface area contributed by atoms with Gasteiger partial charge in [0.25, 0.3) is 0 Å². The Morgan fingerprint density at radius 3 is 2.62 bits per heavy atom. The van der Waals surface area contributed by atoms with Crippen LogP contribution >= 0.6 is 0 Å². The van der Waals surface area contributed by atoms with E-state index in [1.54, 1.807) is 13.3 Å². The van der Waals surface area contributed by atoms with Gasteiger partial charge in [0.2, 0.25) is 5.82 Å². The standard InChI is InChI=1S/C22H21N5O2/c1-28-19-5-2-4-17(14-19)15-29-21-6-3-13-23-20(21)12-9-16-7-10-18(11-8-16)22-24-26-27-25-22/h2-8,10-11,13-14H,9,12,15H2,1H3,(H,24,25,26,27). The monoisotopic (exact) mass is 387 g/mol. The zero-order valence-corrected chi connectivity index (χ0v) is 16.1. The van der Waals surface area contributed by atoms with Crippen LogP contribution in [0.4, 0.5) is 0 Å². The number of methoxy groups -OCH3 is 1. The van der Waals surface area contributed by atoms with E-state index in [2.05, 4.69) is 37.7 Å². The van der Waals surface area contributed by atoms with Crippen molar-refractivity contribution in [1.82, 2.24) is 25.6 Å². The molecular formula is C22H21N5O2. The lowest BCUT2D eigenvalue weighted by Crippen LogP contribution is -2.02. The average Bonchev–Trinajstić information content (AvgIpc) is 3.32. The predicted octanol–water partition coefficient (Wildman–Crippen LogP) is 3.63. The highest BCUT2D eigenvalue weighted by Crippen LogP contribution is 2.21. The molecule has 4 aromatic rings. The number of rotatable bonds is 8. The second kappa shape index (κ2) is 8.97. The van der Waals surface area contributed by atoms with E-state index in [0.717, 1.165) is 41.2 Å². The van der Waals surface area contributed by atoms with E-state index in [4.69, 9.17) is 9.47 Å². The van der Waals surface area contributed by atoms with Gasteiger partial charge < -0.3 is 9.47 Å². The lowest BCUT2D eigenvalue weighted by Gasteiger charge is -2.11. The third-order valence-electron chi connectivity index (χ3n) is 4.58. The van der Waals surface area contributed by atoms with Crippen LogP contribution in [0, 0.1) is 0 Å². The maximum atomic E-state index is 6.03. The molecule has 0 atom stereocenters. The number of benzene rings is 2. The molecule has 0 bridgehead atoms. The van der Waals surface area contributed by atoms with E-state index in [9.17, 15) is 0 Å². The van der Waals surface area contributed by atoms with Crippen molar-refractivity contribution in [3.05, 3.63) is 83.7 Å². The molecule has 0 aliphatic heterocycles. The van der Waals surface area contributed by atoms with Crippen molar-refractivity contribution in [3.8, 4) is 22.9 Å². The van der Waals surface area contributed by atoms with Gasteiger partial charge in [-0.1, -0.05) is 36.4 Å². The molecule has 1 N–H and O–H groups in total. The molecule has 7 nitrogen and oxygen atoms in total. The molecule has 0 radical (unpaired) electrons. The van der Waals surface area contributed by atoms with Crippen LogP contribution in [0.25, 0.3) is 11.4 Å². The Labute approximate surface area is 168 Å². The van der Waals surface area contributed by atoms with Crippen molar-refractivity contribution in [2.24, 2.45) is 0 Å². The summed E-state index contributed by atoms with van der Waals surface area (Å²) in [6, 6.07) is 19.9. The highest BCUT2D eigenvalue weighted by Gasteiger charge is 2.07. The lowest BCUT2D eigenvalue weighted by molar-refractivity contribution is 0.300. The van der Waals surface area contributed by atoms with Crippen molar-refractivity contribution in [2.45, 2.75) is 19.4 Å². The minimum absolute atomic E-state index is 0.468. The van der Waals surface area contributed by atoms with Crippen LogP contribution in [0.5, 0.6) is 11.5 Å². The molecule has 0 saturated carbocycles. The minimum Gasteiger partial charge on any atom is -0.497 e. The molecule has 2 heterocycles. The fourth-order valence-electron chi connectivity index (χ4n) is 3.03. The van der Waals surface area contributed by atoms with Gasteiger partial charge in [0.1, 0.15) is 18.1 Å². The van der Waals surface area contributed by atoms with Crippen molar-refractivity contribution in [3.63, 3.8) is 0 Å². The summed E-state index contributed by atoms with van der Waals surface area (Å²) >= 11 is 0. The fourth-order valence-corrected chi connectivity index (χ4v) is 3.03. The van der Waals surface area contributed by atoms with Crippen LogP contribution < -0.4 is 9.47 Å². The highest BCUT2D eigenvalue weighted by atomic mass is 16.5. The Balaban J connectivity index is 1.39. The Morgan fingerprint density at radius 2 is 1.83 bits per heavy atom. The first-order valence-corrected chi connectivity index (χ1v) is 9.34. The van der Waals surface area contributed by atoms with Gasteiger partial charge in [-0.3, -0.25) is 4.98 Å². The smallest absolute Gasteiger partial charge is 0.204 e. The van der Waals surface area contributed by atoms with E-state index in [0.29, 0.717) is 12.4 Å². The van der Waals surface area contributed by atoms with Gasteiger partial charge in [0.05, 0.1) is 12.8 Å². The highest BCUT2D eigenvalue weighted by molar-refractivity contribution is 5.54. The summed E-state index contributed by atoms with van der Waals surface area (Å²) in [5, 5.41) is 14.0. The summed E-state index contributed by atoms with van der Waals surface area (Å²) < 4.78 is 11.3. The molecule has 0 unspecified atom stereocenters. The Kier molecular flexibility index (Phi) is 5.76. The SMILES string of the molecule is COc1cccc(COc2cccnc2CCc2ccc(-c3nn[nH]n3)cc2)c1. The van der Waals surface area contributed by atoms with Crippen LogP contribution in [0.15, 0.2) is 66.9 Å². The van der Waals surface area contributed by atoms with Crippen molar-refractivity contribution >= 4 is 0 Å². The molecule has 7 heteroatoms. The zero-order valence-electron chi connectivity index (χ0n) is 16.1. The minimum atomic E-state index is 0.468. The third kappa shape index (κ3) is 4.76. The van der Waals surface area contributed by atoms with Gasteiger partial charge in [0, 0.05) is 11.8 Å². The number of aromatic nitrogens is 5. The number of hydrogen-bond donors (Lipinski definition) is 1. The molecular weight excluding hydrogens is 366 g/mol. The number of H-pyrrole nitrogens is 1. The number of aromatic amines is 1. The Bertz CT molecular complexity index is 1050. The maximum absolute atomic E-state index is 6.03. The average molecular weight is 387 g/mol. The molecule has 0 amide bonds.